The van der Waals surface area contributed by atoms with E-state index in [1.807, 2.05) is 60.7 Å². The first-order valence-electron chi connectivity index (χ1n) is 10.8. The normalized spacial score (nSPS) is 14.2. The molecule has 1 aromatic heterocycles. The highest BCUT2D eigenvalue weighted by Gasteiger charge is 2.14. The minimum Gasteiger partial charge on any atom is -0.378 e. The summed E-state index contributed by atoms with van der Waals surface area (Å²) in [5.74, 6) is 0.850. The van der Waals surface area contributed by atoms with Crippen molar-refractivity contribution in [2.45, 2.75) is 26.2 Å². The first kappa shape index (κ1) is 21.8. The Hall–Kier alpha value is -3.45. The predicted molar refractivity (Wildman–Crippen MR) is 128 cm³/mol. The van der Waals surface area contributed by atoms with Crippen molar-refractivity contribution in [2.24, 2.45) is 0 Å². The molecule has 1 saturated heterocycles. The fraction of sp³-hybridized carbons (Fsp3) is 0.320. The summed E-state index contributed by atoms with van der Waals surface area (Å²) in [6, 6.07) is 19.1. The number of benzene rings is 2. The van der Waals surface area contributed by atoms with E-state index in [0.29, 0.717) is 18.9 Å². The summed E-state index contributed by atoms with van der Waals surface area (Å²) in [5.41, 5.74) is 4.37. The highest BCUT2D eigenvalue weighted by atomic mass is 16.5. The van der Waals surface area contributed by atoms with Gasteiger partial charge in [-0.15, -0.1) is 10.2 Å². The van der Waals surface area contributed by atoms with Gasteiger partial charge in [0.05, 0.1) is 18.9 Å². The third-order valence-corrected chi connectivity index (χ3v) is 5.41. The van der Waals surface area contributed by atoms with E-state index >= 15 is 0 Å². The van der Waals surface area contributed by atoms with Gasteiger partial charge in [-0.3, -0.25) is 0 Å². The molecule has 3 aromatic rings. The second-order valence-electron chi connectivity index (χ2n) is 8.86. The fourth-order valence-electron chi connectivity index (χ4n) is 3.54. The molecule has 7 nitrogen and oxygen atoms in total. The minimum absolute atomic E-state index is 0.0739. The predicted octanol–water partition coefficient (Wildman–Crippen LogP) is 4.92. The van der Waals surface area contributed by atoms with Crippen molar-refractivity contribution in [1.82, 2.24) is 10.2 Å². The molecule has 0 saturated carbocycles. The second kappa shape index (κ2) is 9.36. The maximum atomic E-state index is 12.5. The third kappa shape index (κ3) is 5.42. The maximum Gasteiger partial charge on any atom is 0.323 e. The average molecular weight is 432 g/mol. The van der Waals surface area contributed by atoms with E-state index in [0.717, 1.165) is 35.9 Å². The number of nitrogens with one attached hydrogen (secondary N) is 2. The summed E-state index contributed by atoms with van der Waals surface area (Å²) in [6.07, 6.45) is 0. The molecule has 0 spiro atoms. The van der Waals surface area contributed by atoms with Crippen molar-refractivity contribution >= 4 is 23.2 Å². The van der Waals surface area contributed by atoms with E-state index in [2.05, 4.69) is 46.5 Å². The molecule has 4 rings (SSSR count). The van der Waals surface area contributed by atoms with Crippen LogP contribution in [-0.2, 0) is 10.2 Å². The summed E-state index contributed by atoms with van der Waals surface area (Å²) < 4.78 is 5.39. The van der Waals surface area contributed by atoms with E-state index in [1.165, 1.54) is 5.56 Å². The number of rotatable bonds is 4. The monoisotopic (exact) mass is 431 g/mol. The lowest BCUT2D eigenvalue weighted by molar-refractivity contribution is 0.122. The largest absolute Gasteiger partial charge is 0.378 e. The zero-order valence-electron chi connectivity index (χ0n) is 18.8. The number of carbonyl (C=O) groups is 1. The zero-order valence-corrected chi connectivity index (χ0v) is 18.8. The molecule has 1 aliphatic rings. The molecule has 2 amide bonds. The summed E-state index contributed by atoms with van der Waals surface area (Å²) >= 11 is 0. The van der Waals surface area contributed by atoms with E-state index in [-0.39, 0.29) is 11.4 Å². The fourth-order valence-corrected chi connectivity index (χ4v) is 3.54. The Morgan fingerprint density at radius 2 is 1.62 bits per heavy atom. The third-order valence-electron chi connectivity index (χ3n) is 5.41. The summed E-state index contributed by atoms with van der Waals surface area (Å²) in [6.45, 7) is 9.55. The van der Waals surface area contributed by atoms with Crippen LogP contribution in [-0.4, -0.2) is 42.5 Å². The average Bonchev–Trinajstić information content (AvgIpc) is 2.80. The lowest BCUT2D eigenvalue weighted by Crippen LogP contribution is -2.36. The number of anilines is 3. The molecule has 2 heterocycles. The molecule has 0 atom stereocenters. The number of carbonyl (C=O) groups excluding carboxylic acids is 1. The summed E-state index contributed by atoms with van der Waals surface area (Å²) in [5, 5.41) is 14.5. The topological polar surface area (TPSA) is 79.4 Å². The van der Waals surface area contributed by atoms with Gasteiger partial charge in [0.15, 0.2) is 5.82 Å². The van der Waals surface area contributed by atoms with Crippen LogP contribution >= 0.6 is 0 Å². The Morgan fingerprint density at radius 1 is 0.906 bits per heavy atom. The van der Waals surface area contributed by atoms with Crippen molar-refractivity contribution in [3.05, 3.63) is 66.2 Å². The number of urea groups is 1. The molecule has 166 valence electrons. The van der Waals surface area contributed by atoms with Gasteiger partial charge in [-0.1, -0.05) is 45.0 Å². The molecule has 2 N–H and O–H groups in total. The number of morpholine rings is 1. The summed E-state index contributed by atoms with van der Waals surface area (Å²) in [7, 11) is 0. The van der Waals surface area contributed by atoms with E-state index < -0.39 is 0 Å². The van der Waals surface area contributed by atoms with Crippen LogP contribution in [0.25, 0.3) is 11.3 Å². The molecular formula is C25H29N5O2. The molecule has 0 radical (unpaired) electrons. The van der Waals surface area contributed by atoms with Gasteiger partial charge in [-0.25, -0.2) is 4.79 Å². The molecular weight excluding hydrogens is 402 g/mol. The van der Waals surface area contributed by atoms with Gasteiger partial charge in [-0.05, 0) is 47.4 Å². The van der Waals surface area contributed by atoms with E-state index in [1.54, 1.807) is 0 Å². The van der Waals surface area contributed by atoms with E-state index in [4.69, 9.17) is 4.74 Å². The Bertz CT molecular complexity index is 1050. The van der Waals surface area contributed by atoms with Crippen LogP contribution in [0.5, 0.6) is 0 Å². The van der Waals surface area contributed by atoms with E-state index in [9.17, 15) is 4.79 Å². The van der Waals surface area contributed by atoms with Crippen molar-refractivity contribution in [3.63, 3.8) is 0 Å². The molecule has 0 unspecified atom stereocenters. The van der Waals surface area contributed by atoms with Crippen LogP contribution in [0.3, 0.4) is 0 Å². The molecule has 32 heavy (non-hydrogen) atoms. The number of hydrogen-bond donors (Lipinski definition) is 2. The van der Waals surface area contributed by atoms with Gasteiger partial charge in [0.2, 0.25) is 0 Å². The van der Waals surface area contributed by atoms with Gasteiger partial charge < -0.3 is 20.3 Å². The lowest BCUT2D eigenvalue weighted by Gasteiger charge is -2.27. The van der Waals surface area contributed by atoms with Crippen LogP contribution in [0.2, 0.25) is 0 Å². The number of ether oxygens (including phenoxy) is 1. The molecule has 2 aromatic carbocycles. The Labute approximate surface area is 188 Å². The molecule has 0 bridgehead atoms. The number of nitrogens with zero attached hydrogens (tertiary/aromatic N) is 3. The van der Waals surface area contributed by atoms with Gasteiger partial charge in [0.25, 0.3) is 0 Å². The standard InChI is InChI=1S/C25H29N5O2/c1-25(2,3)19-7-9-20(10-8-19)26-24(31)27-21-6-4-5-18(17-21)22-11-12-23(29-28-22)30-13-15-32-16-14-30/h4-12,17H,13-16H2,1-3H3,(H2,26,27,31). The van der Waals surface area contributed by atoms with Crippen molar-refractivity contribution in [3.8, 4) is 11.3 Å². The van der Waals surface area contributed by atoms with Gasteiger partial charge >= 0.3 is 6.03 Å². The van der Waals surface area contributed by atoms with Crippen LogP contribution in [0, 0.1) is 0 Å². The Morgan fingerprint density at radius 3 is 2.28 bits per heavy atom. The van der Waals surface area contributed by atoms with Crippen molar-refractivity contribution < 1.29 is 9.53 Å². The van der Waals surface area contributed by atoms with Crippen LogP contribution in [0.4, 0.5) is 22.0 Å². The van der Waals surface area contributed by atoms with Crippen molar-refractivity contribution in [2.75, 3.05) is 41.8 Å². The number of aromatic nitrogens is 2. The molecule has 7 heteroatoms. The minimum atomic E-state index is -0.292. The number of hydrogen-bond acceptors (Lipinski definition) is 5. The summed E-state index contributed by atoms with van der Waals surface area (Å²) in [4.78, 5) is 14.6. The molecule has 1 fully saturated rings. The lowest BCUT2D eigenvalue weighted by atomic mass is 9.87. The SMILES string of the molecule is CC(C)(C)c1ccc(NC(=O)Nc2cccc(-c3ccc(N4CCOCC4)nn3)c2)cc1. The first-order valence-corrected chi connectivity index (χ1v) is 10.8. The highest BCUT2D eigenvalue weighted by Crippen LogP contribution is 2.24. The van der Waals surface area contributed by atoms with Crippen LogP contribution < -0.4 is 15.5 Å². The van der Waals surface area contributed by atoms with Crippen molar-refractivity contribution in [1.29, 1.82) is 0 Å². The van der Waals surface area contributed by atoms with Gasteiger partial charge in [-0.2, -0.15) is 0 Å². The van der Waals surface area contributed by atoms with Gasteiger partial charge in [0.1, 0.15) is 0 Å². The smallest absolute Gasteiger partial charge is 0.323 e. The quantitative estimate of drug-likeness (QED) is 0.613. The Balaban J connectivity index is 1.40. The molecule has 0 aliphatic carbocycles. The maximum absolute atomic E-state index is 12.5. The second-order valence-corrected chi connectivity index (χ2v) is 8.86. The molecule has 1 aliphatic heterocycles. The highest BCUT2D eigenvalue weighted by molar-refractivity contribution is 6.00. The Kier molecular flexibility index (Phi) is 6.37. The first-order chi connectivity index (χ1) is 15.4. The van der Waals surface area contributed by atoms with Crippen LogP contribution in [0.1, 0.15) is 26.3 Å². The zero-order chi connectivity index (χ0) is 22.6. The van der Waals surface area contributed by atoms with Crippen LogP contribution in [0.15, 0.2) is 60.7 Å². The van der Waals surface area contributed by atoms with Gasteiger partial charge in [0, 0.05) is 30.0 Å². The number of amides is 2.